The zero-order valence-electron chi connectivity index (χ0n) is 9.42. The molecule has 0 bridgehead atoms. The van der Waals surface area contributed by atoms with Gasteiger partial charge < -0.3 is 10.1 Å². The van der Waals surface area contributed by atoms with Crippen molar-refractivity contribution in [3.63, 3.8) is 0 Å². The lowest BCUT2D eigenvalue weighted by molar-refractivity contribution is -0.497. The molecule has 0 spiro atoms. The largest absolute Gasteiger partial charge is 0.452 e. The van der Waals surface area contributed by atoms with Crippen molar-refractivity contribution in [1.82, 2.24) is 5.32 Å². The summed E-state index contributed by atoms with van der Waals surface area (Å²) in [5, 5.41) is 12.8. The van der Waals surface area contributed by atoms with Gasteiger partial charge >= 0.3 is 5.97 Å². The van der Waals surface area contributed by atoms with Crippen molar-refractivity contribution >= 4 is 11.9 Å². The summed E-state index contributed by atoms with van der Waals surface area (Å²) >= 11 is 0. The molecular formula is C10H14N2O5. The molecule has 1 aliphatic rings. The van der Waals surface area contributed by atoms with Gasteiger partial charge in [0.15, 0.2) is 6.10 Å². The highest BCUT2D eigenvalue weighted by Gasteiger charge is 2.55. The van der Waals surface area contributed by atoms with Gasteiger partial charge in [-0.1, -0.05) is 6.08 Å². The maximum Gasteiger partial charge on any atom is 0.316 e. The minimum Gasteiger partial charge on any atom is -0.452 e. The Morgan fingerprint density at radius 1 is 1.71 bits per heavy atom. The summed E-state index contributed by atoms with van der Waals surface area (Å²) in [6.07, 6.45) is 0.735. The van der Waals surface area contributed by atoms with Crippen LogP contribution in [0.5, 0.6) is 0 Å². The van der Waals surface area contributed by atoms with Crippen LogP contribution in [0.15, 0.2) is 12.7 Å². The SMILES string of the molecule is C=CCNC(=O)C(C)OC(=O)C1CC1[N+](=O)[O-]. The van der Waals surface area contributed by atoms with Crippen LogP contribution in [0.2, 0.25) is 0 Å². The number of nitro groups is 1. The number of nitrogens with one attached hydrogen (secondary N) is 1. The second-order valence-corrected chi connectivity index (χ2v) is 3.81. The Balaban J connectivity index is 2.34. The third-order valence-electron chi connectivity index (χ3n) is 2.41. The van der Waals surface area contributed by atoms with Crippen molar-refractivity contribution in [3.8, 4) is 0 Å². The first-order valence-electron chi connectivity index (χ1n) is 5.20. The van der Waals surface area contributed by atoms with Gasteiger partial charge in [-0.05, 0) is 6.92 Å². The lowest BCUT2D eigenvalue weighted by atomic mass is 10.3. The Morgan fingerprint density at radius 3 is 2.82 bits per heavy atom. The zero-order chi connectivity index (χ0) is 13.0. The third kappa shape index (κ3) is 3.54. The fourth-order valence-corrected chi connectivity index (χ4v) is 1.30. The fourth-order valence-electron chi connectivity index (χ4n) is 1.30. The lowest BCUT2D eigenvalue weighted by Crippen LogP contribution is -2.36. The van der Waals surface area contributed by atoms with Crippen molar-refractivity contribution in [3.05, 3.63) is 22.8 Å². The molecule has 94 valence electrons. The Morgan fingerprint density at radius 2 is 2.35 bits per heavy atom. The summed E-state index contributed by atoms with van der Waals surface area (Å²) in [5.41, 5.74) is 0. The smallest absolute Gasteiger partial charge is 0.316 e. The average Bonchev–Trinajstić information content (AvgIpc) is 3.05. The maximum atomic E-state index is 11.4. The van der Waals surface area contributed by atoms with Crippen LogP contribution in [0, 0.1) is 16.0 Å². The molecule has 1 rings (SSSR count). The van der Waals surface area contributed by atoms with E-state index in [4.69, 9.17) is 4.74 Å². The number of esters is 1. The second-order valence-electron chi connectivity index (χ2n) is 3.81. The minimum absolute atomic E-state index is 0.187. The van der Waals surface area contributed by atoms with Crippen LogP contribution >= 0.6 is 0 Å². The molecule has 7 nitrogen and oxygen atoms in total. The summed E-state index contributed by atoms with van der Waals surface area (Å²) in [5.74, 6) is -1.84. The van der Waals surface area contributed by atoms with Gasteiger partial charge in [0.25, 0.3) is 5.91 Å². The van der Waals surface area contributed by atoms with Gasteiger partial charge in [0.05, 0.1) is 0 Å². The molecule has 1 N–H and O–H groups in total. The number of carbonyl (C=O) groups is 2. The molecule has 0 aromatic rings. The molecule has 1 fully saturated rings. The summed E-state index contributed by atoms with van der Waals surface area (Å²) in [4.78, 5) is 32.5. The van der Waals surface area contributed by atoms with Crippen molar-refractivity contribution in [1.29, 1.82) is 0 Å². The van der Waals surface area contributed by atoms with Crippen LogP contribution in [0.4, 0.5) is 0 Å². The van der Waals surface area contributed by atoms with Crippen molar-refractivity contribution in [2.24, 2.45) is 5.92 Å². The van der Waals surface area contributed by atoms with Crippen LogP contribution in [0.1, 0.15) is 13.3 Å². The number of ether oxygens (including phenoxy) is 1. The lowest BCUT2D eigenvalue weighted by Gasteiger charge is -2.11. The molecule has 1 saturated carbocycles. The van der Waals surface area contributed by atoms with Crippen LogP contribution in [0.3, 0.4) is 0 Å². The molecule has 0 radical (unpaired) electrons. The van der Waals surface area contributed by atoms with Gasteiger partial charge in [-0.15, -0.1) is 6.58 Å². The highest BCUT2D eigenvalue weighted by atomic mass is 16.6. The first-order valence-corrected chi connectivity index (χ1v) is 5.20. The summed E-state index contributed by atoms with van der Waals surface area (Å²) in [6, 6.07) is -0.856. The molecule has 3 atom stereocenters. The molecule has 0 aromatic carbocycles. The van der Waals surface area contributed by atoms with Crippen LogP contribution in [-0.4, -0.2) is 35.5 Å². The van der Waals surface area contributed by atoms with Gasteiger partial charge in [0.2, 0.25) is 6.04 Å². The van der Waals surface area contributed by atoms with Crippen molar-refractivity contribution in [2.45, 2.75) is 25.5 Å². The van der Waals surface area contributed by atoms with E-state index in [1.165, 1.54) is 13.0 Å². The monoisotopic (exact) mass is 242 g/mol. The van der Waals surface area contributed by atoms with Crippen LogP contribution in [0.25, 0.3) is 0 Å². The Hall–Kier alpha value is -1.92. The van der Waals surface area contributed by atoms with E-state index in [1.54, 1.807) is 0 Å². The molecule has 0 saturated heterocycles. The number of hydrogen-bond acceptors (Lipinski definition) is 5. The van der Waals surface area contributed by atoms with E-state index >= 15 is 0 Å². The molecule has 3 unspecified atom stereocenters. The van der Waals surface area contributed by atoms with Gasteiger partial charge in [-0.2, -0.15) is 0 Å². The molecule has 1 aliphatic carbocycles. The van der Waals surface area contributed by atoms with Gasteiger partial charge in [-0.3, -0.25) is 19.7 Å². The number of nitrogens with zero attached hydrogens (tertiary/aromatic N) is 1. The standard InChI is InChI=1S/C10H14N2O5/c1-3-4-11-9(13)6(2)17-10(14)7-5-8(7)12(15)16/h3,6-8H,1,4-5H2,2H3,(H,11,13). The maximum absolute atomic E-state index is 11.4. The summed E-state index contributed by atoms with van der Waals surface area (Å²) in [7, 11) is 0. The molecule has 7 heteroatoms. The number of hydrogen-bond donors (Lipinski definition) is 1. The highest BCUT2D eigenvalue weighted by Crippen LogP contribution is 2.34. The minimum atomic E-state index is -0.949. The number of rotatable bonds is 6. The molecule has 17 heavy (non-hydrogen) atoms. The van der Waals surface area contributed by atoms with Gasteiger partial charge in [0, 0.05) is 17.9 Å². The highest BCUT2D eigenvalue weighted by molar-refractivity contribution is 5.84. The molecule has 0 heterocycles. The third-order valence-corrected chi connectivity index (χ3v) is 2.41. The number of carbonyl (C=O) groups excluding carboxylic acids is 2. The van der Waals surface area contributed by atoms with Gasteiger partial charge in [-0.25, -0.2) is 0 Å². The van der Waals surface area contributed by atoms with E-state index < -0.39 is 34.9 Å². The predicted octanol–water partition coefficient (Wildman–Crippen LogP) is -0.115. The van der Waals surface area contributed by atoms with E-state index in [2.05, 4.69) is 11.9 Å². The normalized spacial score (nSPS) is 23.4. The van der Waals surface area contributed by atoms with Crippen LogP contribution in [-0.2, 0) is 14.3 Å². The predicted molar refractivity (Wildman–Crippen MR) is 57.7 cm³/mol. The molecular weight excluding hydrogens is 228 g/mol. The first kappa shape index (κ1) is 13.1. The van der Waals surface area contributed by atoms with E-state index in [0.29, 0.717) is 0 Å². The fraction of sp³-hybridized carbons (Fsp3) is 0.600. The van der Waals surface area contributed by atoms with Crippen molar-refractivity contribution in [2.75, 3.05) is 6.54 Å². The Labute approximate surface area is 98.0 Å². The Kier molecular flexibility index (Phi) is 4.19. The van der Waals surface area contributed by atoms with Crippen LogP contribution < -0.4 is 5.32 Å². The topological polar surface area (TPSA) is 98.5 Å². The molecule has 0 aromatic heterocycles. The van der Waals surface area contributed by atoms with Crippen molar-refractivity contribution < 1.29 is 19.2 Å². The zero-order valence-corrected chi connectivity index (χ0v) is 9.42. The summed E-state index contributed by atoms with van der Waals surface area (Å²) in [6.45, 7) is 5.12. The summed E-state index contributed by atoms with van der Waals surface area (Å²) < 4.78 is 4.82. The Bertz CT molecular complexity index is 355. The van der Waals surface area contributed by atoms with E-state index in [-0.39, 0.29) is 13.0 Å². The average molecular weight is 242 g/mol. The second kappa shape index (κ2) is 5.42. The quantitative estimate of drug-likeness (QED) is 0.303. The van der Waals surface area contributed by atoms with E-state index in [0.717, 1.165) is 0 Å². The van der Waals surface area contributed by atoms with E-state index in [9.17, 15) is 19.7 Å². The number of amides is 1. The molecule has 1 amide bonds. The van der Waals surface area contributed by atoms with Gasteiger partial charge in [0.1, 0.15) is 5.92 Å². The first-order chi connectivity index (χ1) is 7.97. The van der Waals surface area contributed by atoms with E-state index in [1.807, 2.05) is 0 Å². The molecule has 0 aliphatic heterocycles.